The molecule has 0 bridgehead atoms. The minimum atomic E-state index is -0.367. The molecule has 1 fully saturated rings. The van der Waals surface area contributed by atoms with Crippen LogP contribution in [0.25, 0.3) is 0 Å². The summed E-state index contributed by atoms with van der Waals surface area (Å²) in [5, 5.41) is 3.51. The van der Waals surface area contributed by atoms with E-state index >= 15 is 0 Å². The van der Waals surface area contributed by atoms with Gasteiger partial charge >= 0.3 is 5.97 Å². The van der Waals surface area contributed by atoms with E-state index in [1.54, 1.807) is 13.0 Å². The quantitative estimate of drug-likeness (QED) is 0.861. The van der Waals surface area contributed by atoms with Crippen LogP contribution >= 0.6 is 11.3 Å². The van der Waals surface area contributed by atoms with Crippen molar-refractivity contribution < 1.29 is 14.3 Å². The van der Waals surface area contributed by atoms with E-state index in [1.807, 2.05) is 6.92 Å². The van der Waals surface area contributed by atoms with Crippen LogP contribution in [0.2, 0.25) is 0 Å². The molecular weight excluding hydrogens is 262 g/mol. The number of esters is 1. The first-order valence-corrected chi connectivity index (χ1v) is 7.52. The van der Waals surface area contributed by atoms with E-state index in [9.17, 15) is 9.59 Å². The van der Waals surface area contributed by atoms with Gasteiger partial charge in [-0.15, -0.1) is 11.3 Å². The van der Waals surface area contributed by atoms with Crippen LogP contribution < -0.4 is 5.32 Å². The summed E-state index contributed by atoms with van der Waals surface area (Å²) in [5.74, 6) is -0.240. The molecule has 0 atom stereocenters. The van der Waals surface area contributed by atoms with Gasteiger partial charge in [-0.1, -0.05) is 12.8 Å². The average molecular weight is 281 g/mol. The van der Waals surface area contributed by atoms with Crippen molar-refractivity contribution in [1.29, 1.82) is 0 Å². The molecule has 0 unspecified atom stereocenters. The number of aryl methyl sites for hydroxylation is 1. The average Bonchev–Trinajstić information content (AvgIpc) is 2.98. The summed E-state index contributed by atoms with van der Waals surface area (Å²) >= 11 is 1.42. The fraction of sp³-hybridized carbons (Fsp3) is 0.571. The Morgan fingerprint density at radius 3 is 2.74 bits per heavy atom. The van der Waals surface area contributed by atoms with Crippen LogP contribution in [-0.2, 0) is 9.53 Å². The van der Waals surface area contributed by atoms with Crippen molar-refractivity contribution in [3.63, 3.8) is 0 Å². The highest BCUT2D eigenvalue weighted by Gasteiger charge is 2.25. The largest absolute Gasteiger partial charge is 0.462 e. The molecule has 0 aliphatic heterocycles. The zero-order chi connectivity index (χ0) is 13.8. The highest BCUT2D eigenvalue weighted by atomic mass is 32.1. The Balaban J connectivity index is 2.10. The van der Waals surface area contributed by atoms with Gasteiger partial charge in [-0.3, -0.25) is 4.79 Å². The standard InChI is InChI=1S/C14H19NO3S/c1-3-18-14(17)11-8-9(2)19-13(11)15-12(16)10-6-4-5-7-10/h8,10H,3-7H2,1-2H3,(H,15,16). The lowest BCUT2D eigenvalue weighted by Gasteiger charge is -2.10. The van der Waals surface area contributed by atoms with E-state index in [4.69, 9.17) is 4.74 Å². The maximum Gasteiger partial charge on any atom is 0.341 e. The maximum absolute atomic E-state index is 12.1. The second kappa shape index (κ2) is 6.19. The van der Waals surface area contributed by atoms with Gasteiger partial charge in [0.15, 0.2) is 0 Å². The third-order valence-electron chi connectivity index (χ3n) is 3.31. The molecular formula is C14H19NO3S. The first-order valence-electron chi connectivity index (χ1n) is 6.70. The van der Waals surface area contributed by atoms with Crippen LogP contribution in [0.15, 0.2) is 6.07 Å². The van der Waals surface area contributed by atoms with Gasteiger partial charge in [0.25, 0.3) is 0 Å². The van der Waals surface area contributed by atoms with Gasteiger partial charge in [0.05, 0.1) is 12.2 Å². The molecule has 1 N–H and O–H groups in total. The molecule has 104 valence electrons. The smallest absolute Gasteiger partial charge is 0.341 e. The van der Waals surface area contributed by atoms with Crippen molar-refractivity contribution >= 4 is 28.2 Å². The lowest BCUT2D eigenvalue weighted by atomic mass is 10.1. The zero-order valence-corrected chi connectivity index (χ0v) is 12.1. The predicted octanol–water partition coefficient (Wildman–Crippen LogP) is 3.36. The van der Waals surface area contributed by atoms with Gasteiger partial charge in [0, 0.05) is 10.8 Å². The maximum atomic E-state index is 12.1. The highest BCUT2D eigenvalue weighted by molar-refractivity contribution is 7.16. The minimum Gasteiger partial charge on any atom is -0.462 e. The Morgan fingerprint density at radius 2 is 2.11 bits per heavy atom. The summed E-state index contributed by atoms with van der Waals surface area (Å²) < 4.78 is 5.01. The summed E-state index contributed by atoms with van der Waals surface area (Å²) in [6.07, 6.45) is 4.13. The van der Waals surface area contributed by atoms with Crippen LogP contribution in [0, 0.1) is 12.8 Å². The van der Waals surface area contributed by atoms with Crippen molar-refractivity contribution in [1.82, 2.24) is 0 Å². The van der Waals surface area contributed by atoms with Gasteiger partial charge < -0.3 is 10.1 Å². The van der Waals surface area contributed by atoms with Gasteiger partial charge in [-0.25, -0.2) is 4.79 Å². The zero-order valence-electron chi connectivity index (χ0n) is 11.3. The van der Waals surface area contributed by atoms with Gasteiger partial charge in [0.1, 0.15) is 5.00 Å². The molecule has 1 saturated carbocycles. The molecule has 1 aliphatic rings. The fourth-order valence-corrected chi connectivity index (χ4v) is 3.27. The molecule has 0 spiro atoms. The number of ether oxygens (including phenoxy) is 1. The van der Waals surface area contributed by atoms with Gasteiger partial charge in [0.2, 0.25) is 5.91 Å². The summed E-state index contributed by atoms with van der Waals surface area (Å²) in [5.41, 5.74) is 0.468. The number of thiophene rings is 1. The van der Waals surface area contributed by atoms with Crippen LogP contribution in [0.5, 0.6) is 0 Å². The van der Waals surface area contributed by atoms with E-state index in [0.29, 0.717) is 17.2 Å². The van der Waals surface area contributed by atoms with Crippen molar-refractivity contribution in [3.8, 4) is 0 Å². The fourth-order valence-electron chi connectivity index (χ4n) is 2.37. The molecule has 0 aromatic carbocycles. The second-order valence-electron chi connectivity index (χ2n) is 4.79. The Labute approximate surface area is 117 Å². The summed E-state index contributed by atoms with van der Waals surface area (Å²) in [4.78, 5) is 24.9. The third kappa shape index (κ3) is 3.35. The number of carbonyl (C=O) groups excluding carboxylic acids is 2. The Kier molecular flexibility index (Phi) is 4.58. The Hall–Kier alpha value is -1.36. The molecule has 1 aromatic heterocycles. The number of rotatable bonds is 4. The monoisotopic (exact) mass is 281 g/mol. The SMILES string of the molecule is CCOC(=O)c1cc(C)sc1NC(=O)C1CCCC1. The van der Waals surface area contributed by atoms with Crippen LogP contribution in [0.4, 0.5) is 5.00 Å². The van der Waals surface area contributed by atoms with Crippen molar-refractivity contribution in [2.24, 2.45) is 5.92 Å². The molecule has 4 nitrogen and oxygen atoms in total. The molecule has 1 aromatic rings. The lowest BCUT2D eigenvalue weighted by Crippen LogP contribution is -2.21. The Bertz CT molecular complexity index is 475. The van der Waals surface area contributed by atoms with Crippen LogP contribution in [-0.4, -0.2) is 18.5 Å². The van der Waals surface area contributed by atoms with Gasteiger partial charge in [-0.05, 0) is 32.8 Å². The predicted molar refractivity (Wildman–Crippen MR) is 75.6 cm³/mol. The molecule has 0 saturated heterocycles. The molecule has 1 aliphatic carbocycles. The normalized spacial score (nSPS) is 15.5. The third-order valence-corrected chi connectivity index (χ3v) is 4.28. The first kappa shape index (κ1) is 14.1. The van der Waals surface area contributed by atoms with E-state index < -0.39 is 0 Å². The highest BCUT2D eigenvalue weighted by Crippen LogP contribution is 2.31. The van der Waals surface area contributed by atoms with E-state index in [1.165, 1.54) is 11.3 Å². The molecule has 5 heteroatoms. The first-order chi connectivity index (χ1) is 9.11. The number of nitrogens with one attached hydrogen (secondary N) is 1. The number of hydrogen-bond acceptors (Lipinski definition) is 4. The number of carbonyl (C=O) groups is 2. The van der Waals surface area contributed by atoms with Gasteiger partial charge in [-0.2, -0.15) is 0 Å². The minimum absolute atomic E-state index is 0.0323. The molecule has 0 radical (unpaired) electrons. The number of hydrogen-bond donors (Lipinski definition) is 1. The van der Waals surface area contributed by atoms with Crippen molar-refractivity contribution in [2.45, 2.75) is 39.5 Å². The summed E-state index contributed by atoms with van der Waals surface area (Å²) in [7, 11) is 0. The van der Waals surface area contributed by atoms with E-state index in [2.05, 4.69) is 5.32 Å². The molecule has 19 heavy (non-hydrogen) atoms. The summed E-state index contributed by atoms with van der Waals surface area (Å²) in [6.45, 7) is 4.02. The molecule has 2 rings (SSSR count). The topological polar surface area (TPSA) is 55.4 Å². The Morgan fingerprint density at radius 1 is 1.42 bits per heavy atom. The molecule has 1 amide bonds. The summed E-state index contributed by atoms with van der Waals surface area (Å²) in [6, 6.07) is 1.77. The van der Waals surface area contributed by atoms with Crippen molar-refractivity contribution in [2.75, 3.05) is 11.9 Å². The second-order valence-corrected chi connectivity index (χ2v) is 6.05. The number of anilines is 1. The van der Waals surface area contributed by atoms with E-state index in [0.717, 1.165) is 30.6 Å². The van der Waals surface area contributed by atoms with Crippen LogP contribution in [0.3, 0.4) is 0 Å². The molecule has 1 heterocycles. The lowest BCUT2D eigenvalue weighted by molar-refractivity contribution is -0.119. The van der Waals surface area contributed by atoms with E-state index in [-0.39, 0.29) is 17.8 Å². The van der Waals surface area contributed by atoms with Crippen molar-refractivity contribution in [3.05, 3.63) is 16.5 Å². The van der Waals surface area contributed by atoms with Crippen LogP contribution in [0.1, 0.15) is 47.8 Å². The number of amides is 1.